The number of imidazole rings is 1. The molecule has 2 aromatic rings. The van der Waals surface area contributed by atoms with E-state index in [0.29, 0.717) is 17.9 Å². The maximum absolute atomic E-state index is 11.5. The van der Waals surface area contributed by atoms with Crippen molar-refractivity contribution in [3.05, 3.63) is 47.3 Å². The summed E-state index contributed by atoms with van der Waals surface area (Å²) in [6.07, 6.45) is 0.823. The van der Waals surface area contributed by atoms with Gasteiger partial charge in [0.25, 0.3) is 0 Å². The molecule has 2 amide bonds. The van der Waals surface area contributed by atoms with Crippen molar-refractivity contribution in [1.29, 1.82) is 0 Å². The first kappa shape index (κ1) is 19.6. The summed E-state index contributed by atoms with van der Waals surface area (Å²) in [7, 11) is 2.98. The van der Waals surface area contributed by atoms with Crippen LogP contribution in [0, 0.1) is 0 Å². The van der Waals surface area contributed by atoms with E-state index < -0.39 is 12.2 Å². The van der Waals surface area contributed by atoms with Crippen molar-refractivity contribution in [3.63, 3.8) is 0 Å². The number of alkyl carbamates (subject to hydrolysis) is 2. The Morgan fingerprint density at radius 2 is 1.69 bits per heavy atom. The van der Waals surface area contributed by atoms with E-state index in [2.05, 4.69) is 15.6 Å². The minimum Gasteiger partial charge on any atom is -0.443 e. The van der Waals surface area contributed by atoms with Gasteiger partial charge in [0, 0.05) is 20.6 Å². The van der Waals surface area contributed by atoms with Gasteiger partial charge in [-0.05, 0) is 11.8 Å². The molecule has 1 heterocycles. The van der Waals surface area contributed by atoms with E-state index in [1.807, 2.05) is 41.2 Å². The summed E-state index contributed by atoms with van der Waals surface area (Å²) in [6.45, 7) is 0.574. The number of benzene rings is 1. The Labute approximate surface area is 156 Å². The van der Waals surface area contributed by atoms with Gasteiger partial charge >= 0.3 is 12.2 Å². The number of carbonyl (C=O) groups is 2. The fraction of sp³-hybridized carbons (Fsp3) is 0.353. The van der Waals surface area contributed by atoms with Crippen LogP contribution in [0.5, 0.6) is 0 Å². The summed E-state index contributed by atoms with van der Waals surface area (Å²) < 4.78 is 12.3. The summed E-state index contributed by atoms with van der Waals surface area (Å²) in [6, 6.07) is 9.89. The molecule has 0 spiro atoms. The lowest BCUT2D eigenvalue weighted by Gasteiger charge is -2.12. The van der Waals surface area contributed by atoms with Crippen LogP contribution in [-0.4, -0.2) is 42.1 Å². The van der Waals surface area contributed by atoms with Gasteiger partial charge in [-0.3, -0.25) is 0 Å². The van der Waals surface area contributed by atoms with Crippen LogP contribution >= 0.6 is 11.8 Å². The third kappa shape index (κ3) is 5.16. The molecule has 1 aromatic heterocycles. The second-order valence-corrected chi connectivity index (χ2v) is 5.99. The molecule has 0 radical (unpaired) electrons. The first-order chi connectivity index (χ1) is 12.6. The van der Waals surface area contributed by atoms with E-state index in [1.54, 1.807) is 0 Å². The number of carbonyl (C=O) groups excluding carboxylic acids is 2. The van der Waals surface area contributed by atoms with Crippen LogP contribution in [0.3, 0.4) is 0 Å². The van der Waals surface area contributed by atoms with Gasteiger partial charge in [-0.15, -0.1) is 0 Å². The summed E-state index contributed by atoms with van der Waals surface area (Å²) in [5.74, 6) is 0. The number of nitrogens with zero attached hydrogens (tertiary/aromatic N) is 2. The molecule has 0 unspecified atom stereocenters. The van der Waals surface area contributed by atoms with Crippen LogP contribution in [0.1, 0.15) is 17.0 Å². The minimum atomic E-state index is -0.550. The molecule has 140 valence electrons. The number of nitrogens with one attached hydrogen (secondary N) is 2. The van der Waals surface area contributed by atoms with Crippen LogP contribution in [0.25, 0.3) is 0 Å². The van der Waals surface area contributed by atoms with Gasteiger partial charge in [0.2, 0.25) is 0 Å². The molecule has 0 aliphatic rings. The van der Waals surface area contributed by atoms with E-state index in [-0.39, 0.29) is 13.2 Å². The fourth-order valence-corrected chi connectivity index (χ4v) is 2.88. The van der Waals surface area contributed by atoms with Gasteiger partial charge in [-0.2, -0.15) is 0 Å². The zero-order chi connectivity index (χ0) is 18.9. The monoisotopic (exact) mass is 378 g/mol. The minimum absolute atomic E-state index is 0.0124. The second-order valence-electron chi connectivity index (χ2n) is 5.22. The summed E-state index contributed by atoms with van der Waals surface area (Å²) in [5.41, 5.74) is 2.32. The Hall–Kier alpha value is -2.68. The van der Waals surface area contributed by atoms with Gasteiger partial charge in [0.15, 0.2) is 5.16 Å². The number of rotatable bonds is 7. The van der Waals surface area contributed by atoms with Crippen molar-refractivity contribution in [2.24, 2.45) is 0 Å². The van der Waals surface area contributed by atoms with Crippen LogP contribution in [0.15, 0.2) is 35.5 Å². The average molecular weight is 378 g/mol. The van der Waals surface area contributed by atoms with Crippen molar-refractivity contribution in [2.75, 3.05) is 20.4 Å². The molecule has 9 heteroatoms. The molecule has 0 fully saturated rings. The predicted octanol–water partition coefficient (Wildman–Crippen LogP) is 2.37. The number of aromatic nitrogens is 2. The average Bonchev–Trinajstić information content (AvgIpc) is 3.01. The van der Waals surface area contributed by atoms with Crippen LogP contribution in [0.4, 0.5) is 9.59 Å². The third-order valence-electron chi connectivity index (χ3n) is 3.57. The largest absolute Gasteiger partial charge is 0.443 e. The fourth-order valence-electron chi connectivity index (χ4n) is 2.29. The SMILES string of the molecule is CNC(=O)OCc1nc(SC)n(Cc2ccccc2)c1COC(=O)NC. The molecule has 0 saturated heterocycles. The van der Waals surface area contributed by atoms with Crippen molar-refractivity contribution in [1.82, 2.24) is 20.2 Å². The van der Waals surface area contributed by atoms with Crippen molar-refractivity contribution in [3.8, 4) is 0 Å². The topological polar surface area (TPSA) is 94.5 Å². The third-order valence-corrected chi connectivity index (χ3v) is 4.25. The molecule has 0 bridgehead atoms. The lowest BCUT2D eigenvalue weighted by Crippen LogP contribution is -2.21. The molecule has 0 atom stereocenters. The Kier molecular flexibility index (Phi) is 7.34. The Morgan fingerprint density at radius 1 is 1.08 bits per heavy atom. The molecule has 0 saturated carbocycles. The highest BCUT2D eigenvalue weighted by atomic mass is 32.2. The Bertz CT molecular complexity index is 749. The standard InChI is InChI=1S/C17H22N4O4S/c1-18-16(22)24-10-13-14(11-25-17(23)19-2)21(15(20-13)26-3)9-12-7-5-4-6-8-12/h4-8H,9-11H2,1-3H3,(H,18,22)(H,19,23). The highest BCUT2D eigenvalue weighted by Crippen LogP contribution is 2.23. The summed E-state index contributed by atoms with van der Waals surface area (Å²) in [4.78, 5) is 27.4. The smallest absolute Gasteiger partial charge is 0.407 e. The number of thioether (sulfide) groups is 1. The molecule has 26 heavy (non-hydrogen) atoms. The first-order valence-electron chi connectivity index (χ1n) is 7.94. The van der Waals surface area contributed by atoms with E-state index in [9.17, 15) is 9.59 Å². The van der Waals surface area contributed by atoms with Gasteiger partial charge in [0.1, 0.15) is 18.9 Å². The zero-order valence-electron chi connectivity index (χ0n) is 14.9. The second kappa shape index (κ2) is 9.71. The maximum Gasteiger partial charge on any atom is 0.407 e. The molecule has 2 rings (SSSR count). The lowest BCUT2D eigenvalue weighted by molar-refractivity contribution is 0.131. The van der Waals surface area contributed by atoms with Gasteiger partial charge < -0.3 is 24.7 Å². The van der Waals surface area contributed by atoms with Crippen molar-refractivity contribution < 1.29 is 19.1 Å². The van der Waals surface area contributed by atoms with Gasteiger partial charge in [-0.25, -0.2) is 14.6 Å². The van der Waals surface area contributed by atoms with Crippen molar-refractivity contribution in [2.45, 2.75) is 24.9 Å². The zero-order valence-corrected chi connectivity index (χ0v) is 15.8. The van der Waals surface area contributed by atoms with Gasteiger partial charge in [0.05, 0.1) is 5.69 Å². The molecule has 1 aromatic carbocycles. The van der Waals surface area contributed by atoms with E-state index in [4.69, 9.17) is 9.47 Å². The predicted molar refractivity (Wildman–Crippen MR) is 98.0 cm³/mol. The highest BCUT2D eigenvalue weighted by Gasteiger charge is 2.19. The van der Waals surface area contributed by atoms with Crippen LogP contribution in [-0.2, 0) is 29.2 Å². The van der Waals surface area contributed by atoms with Crippen LogP contribution < -0.4 is 10.6 Å². The first-order valence-corrected chi connectivity index (χ1v) is 9.16. The Morgan fingerprint density at radius 3 is 2.27 bits per heavy atom. The lowest BCUT2D eigenvalue weighted by atomic mass is 10.2. The summed E-state index contributed by atoms with van der Waals surface area (Å²) >= 11 is 1.47. The Balaban J connectivity index is 2.33. The quantitative estimate of drug-likeness (QED) is 0.719. The molecular formula is C17H22N4O4S. The number of amides is 2. The maximum atomic E-state index is 11.5. The number of hydrogen-bond acceptors (Lipinski definition) is 6. The number of ether oxygens (including phenoxy) is 2. The molecular weight excluding hydrogens is 356 g/mol. The van der Waals surface area contributed by atoms with E-state index >= 15 is 0 Å². The normalized spacial score (nSPS) is 10.3. The van der Waals surface area contributed by atoms with E-state index in [1.165, 1.54) is 25.9 Å². The van der Waals surface area contributed by atoms with Crippen molar-refractivity contribution >= 4 is 23.9 Å². The molecule has 0 aliphatic carbocycles. The molecule has 8 nitrogen and oxygen atoms in total. The van der Waals surface area contributed by atoms with Crippen LogP contribution in [0.2, 0.25) is 0 Å². The molecule has 0 aliphatic heterocycles. The van der Waals surface area contributed by atoms with Gasteiger partial charge in [-0.1, -0.05) is 42.1 Å². The number of hydrogen-bond donors (Lipinski definition) is 2. The summed E-state index contributed by atoms with van der Waals surface area (Å²) in [5, 5.41) is 5.56. The highest BCUT2D eigenvalue weighted by molar-refractivity contribution is 7.98. The molecule has 2 N–H and O–H groups in total. The van der Waals surface area contributed by atoms with E-state index in [0.717, 1.165) is 10.7 Å².